The summed E-state index contributed by atoms with van der Waals surface area (Å²) in [7, 11) is -2.53. The van der Waals surface area contributed by atoms with Crippen molar-refractivity contribution in [3.05, 3.63) is 84.9 Å². The second kappa shape index (κ2) is 10.1. The van der Waals surface area contributed by atoms with E-state index in [1.165, 1.54) is 16.7 Å². The van der Waals surface area contributed by atoms with E-state index in [0.717, 1.165) is 43.3 Å². The number of aromatic amines is 1. The van der Waals surface area contributed by atoms with Gasteiger partial charge in [-0.05, 0) is 53.1 Å². The highest BCUT2D eigenvalue weighted by Gasteiger charge is 2.50. The van der Waals surface area contributed by atoms with Gasteiger partial charge in [0.05, 0.1) is 0 Å². The Hall–Kier alpha value is -3.09. The van der Waals surface area contributed by atoms with Crippen LogP contribution in [0.15, 0.2) is 79.3 Å². The van der Waals surface area contributed by atoms with Gasteiger partial charge in [0.15, 0.2) is 5.78 Å². The molecule has 4 aromatic rings. The third-order valence-corrected chi connectivity index (χ3v) is 12.8. The summed E-state index contributed by atoms with van der Waals surface area (Å²) >= 11 is 0. The summed E-state index contributed by atoms with van der Waals surface area (Å²) in [5.41, 5.74) is 1.27. The Morgan fingerprint density at radius 3 is 2.11 bits per heavy atom. The summed E-state index contributed by atoms with van der Waals surface area (Å²) < 4.78 is 7.16. The van der Waals surface area contributed by atoms with Crippen LogP contribution >= 0.6 is 0 Å². The molecule has 1 aliphatic rings. The normalized spacial score (nSPS) is 18.9. The van der Waals surface area contributed by atoms with E-state index in [1.807, 2.05) is 12.3 Å². The number of nitrogens with one attached hydrogen (secondary N) is 1. The SMILES string of the molecule is CC(C)(C)[Si](OCC1CCC(C(=O)c2ncnc3[nH]ccc23)CC1)(c1ccccc1)c1ccccc1. The number of rotatable bonds is 7. The zero-order valence-corrected chi connectivity index (χ0v) is 22.4. The first-order valence-corrected chi connectivity index (χ1v) is 14.9. The largest absolute Gasteiger partial charge is 0.407 e. The third-order valence-electron chi connectivity index (χ3n) is 7.76. The predicted molar refractivity (Wildman–Crippen MR) is 147 cm³/mol. The maximum absolute atomic E-state index is 13.3. The molecule has 2 aromatic carbocycles. The molecule has 0 unspecified atom stereocenters. The molecule has 0 bridgehead atoms. The lowest BCUT2D eigenvalue weighted by molar-refractivity contribution is 0.0847. The lowest BCUT2D eigenvalue weighted by atomic mass is 9.79. The number of carbonyl (C=O) groups is 1. The maximum Gasteiger partial charge on any atom is 0.261 e. The van der Waals surface area contributed by atoms with Crippen LogP contribution in [-0.4, -0.2) is 35.7 Å². The molecule has 0 amide bonds. The zero-order chi connectivity index (χ0) is 25.2. The molecule has 2 aromatic heterocycles. The minimum absolute atomic E-state index is 0.0158. The van der Waals surface area contributed by atoms with Crippen molar-refractivity contribution in [3.63, 3.8) is 0 Å². The van der Waals surface area contributed by atoms with Gasteiger partial charge in [-0.2, -0.15) is 0 Å². The van der Waals surface area contributed by atoms with Crippen LogP contribution in [0.25, 0.3) is 11.0 Å². The Kier molecular flexibility index (Phi) is 6.91. The molecule has 0 spiro atoms. The van der Waals surface area contributed by atoms with Crippen LogP contribution in [0.1, 0.15) is 56.9 Å². The topological polar surface area (TPSA) is 67.9 Å². The minimum atomic E-state index is -2.53. The van der Waals surface area contributed by atoms with Crippen LogP contribution < -0.4 is 10.4 Å². The van der Waals surface area contributed by atoms with Gasteiger partial charge >= 0.3 is 0 Å². The number of carbonyl (C=O) groups excluding carboxylic acids is 1. The lowest BCUT2D eigenvalue weighted by Crippen LogP contribution is -2.67. The Bertz CT molecular complexity index is 1270. The molecule has 1 fully saturated rings. The van der Waals surface area contributed by atoms with Crippen molar-refractivity contribution < 1.29 is 9.22 Å². The van der Waals surface area contributed by atoms with Crippen LogP contribution in [0.2, 0.25) is 5.04 Å². The van der Waals surface area contributed by atoms with Crippen molar-refractivity contribution in [1.29, 1.82) is 0 Å². The summed E-state index contributed by atoms with van der Waals surface area (Å²) in [4.78, 5) is 25.0. The fourth-order valence-corrected chi connectivity index (χ4v) is 10.5. The molecule has 1 aliphatic carbocycles. The van der Waals surface area contributed by atoms with Gasteiger partial charge in [0.2, 0.25) is 0 Å². The summed E-state index contributed by atoms with van der Waals surface area (Å²) in [6.07, 6.45) is 7.05. The maximum atomic E-state index is 13.3. The molecule has 5 rings (SSSR count). The molecule has 0 radical (unpaired) electrons. The van der Waals surface area contributed by atoms with Gasteiger partial charge in [0.1, 0.15) is 17.7 Å². The van der Waals surface area contributed by atoms with Crippen LogP contribution in [-0.2, 0) is 4.43 Å². The summed E-state index contributed by atoms with van der Waals surface area (Å²) in [5.74, 6) is 0.615. The summed E-state index contributed by atoms with van der Waals surface area (Å²) in [5, 5.41) is 3.41. The predicted octanol–water partition coefficient (Wildman–Crippen LogP) is 5.52. The monoisotopic (exact) mass is 497 g/mol. The van der Waals surface area contributed by atoms with E-state index in [9.17, 15) is 4.79 Å². The molecule has 2 heterocycles. The number of hydrogen-bond acceptors (Lipinski definition) is 4. The number of benzene rings is 2. The first-order chi connectivity index (χ1) is 17.4. The average molecular weight is 498 g/mol. The van der Waals surface area contributed by atoms with Crippen molar-refractivity contribution in [2.24, 2.45) is 11.8 Å². The van der Waals surface area contributed by atoms with Crippen molar-refractivity contribution in [3.8, 4) is 0 Å². The van der Waals surface area contributed by atoms with E-state index in [1.54, 1.807) is 0 Å². The van der Waals surface area contributed by atoms with E-state index >= 15 is 0 Å². The quantitative estimate of drug-likeness (QED) is 0.270. The fourth-order valence-electron chi connectivity index (χ4n) is 5.86. The molecule has 0 saturated heterocycles. The van der Waals surface area contributed by atoms with Gasteiger partial charge in [0.25, 0.3) is 8.32 Å². The Morgan fingerprint density at radius 2 is 1.53 bits per heavy atom. The highest BCUT2D eigenvalue weighted by molar-refractivity contribution is 6.99. The highest BCUT2D eigenvalue weighted by Crippen LogP contribution is 2.38. The number of nitrogens with zero attached hydrogens (tertiary/aromatic N) is 2. The Labute approximate surface area is 214 Å². The number of ketones is 1. The van der Waals surface area contributed by atoms with Crippen molar-refractivity contribution in [1.82, 2.24) is 15.0 Å². The van der Waals surface area contributed by atoms with Gasteiger partial charge in [-0.3, -0.25) is 4.79 Å². The third kappa shape index (κ3) is 4.55. The zero-order valence-electron chi connectivity index (χ0n) is 21.4. The minimum Gasteiger partial charge on any atom is -0.407 e. The van der Waals surface area contributed by atoms with Gasteiger partial charge in [-0.1, -0.05) is 81.4 Å². The van der Waals surface area contributed by atoms with E-state index in [-0.39, 0.29) is 16.7 Å². The first kappa shape index (κ1) is 24.6. The first-order valence-electron chi connectivity index (χ1n) is 13.0. The van der Waals surface area contributed by atoms with Gasteiger partial charge in [-0.15, -0.1) is 0 Å². The van der Waals surface area contributed by atoms with Crippen molar-refractivity contribution in [2.75, 3.05) is 6.61 Å². The standard InChI is InChI=1S/C30H35N3O2Si/c1-30(2,3)36(24-10-6-4-7-11-24,25-12-8-5-9-13-25)35-20-22-14-16-23(17-15-22)28(34)27-26-18-19-31-29(26)33-21-32-27/h4-13,18-19,21-23H,14-17,20H2,1-3H3,(H,31,32,33). The fraction of sp³-hybridized carbons (Fsp3) is 0.367. The van der Waals surface area contributed by atoms with Gasteiger partial charge < -0.3 is 9.41 Å². The molecule has 0 aliphatic heterocycles. The van der Waals surface area contributed by atoms with Crippen LogP contribution in [0.3, 0.4) is 0 Å². The smallest absolute Gasteiger partial charge is 0.261 e. The number of hydrogen-bond donors (Lipinski definition) is 1. The molecular formula is C30H35N3O2Si. The molecule has 1 N–H and O–H groups in total. The molecule has 0 atom stereocenters. The molecular weight excluding hydrogens is 462 g/mol. The molecule has 186 valence electrons. The van der Waals surface area contributed by atoms with Crippen molar-refractivity contribution >= 4 is 35.5 Å². The second-order valence-electron chi connectivity index (χ2n) is 11.0. The number of aromatic nitrogens is 3. The van der Waals surface area contributed by atoms with Gasteiger partial charge in [-0.25, -0.2) is 9.97 Å². The van der Waals surface area contributed by atoms with Crippen LogP contribution in [0, 0.1) is 11.8 Å². The summed E-state index contributed by atoms with van der Waals surface area (Å²) in [6.45, 7) is 7.68. The van der Waals surface area contributed by atoms with E-state index < -0.39 is 8.32 Å². The average Bonchev–Trinajstić information content (AvgIpc) is 3.39. The van der Waals surface area contributed by atoms with Gasteiger partial charge in [0, 0.05) is 24.1 Å². The van der Waals surface area contributed by atoms with Crippen molar-refractivity contribution in [2.45, 2.75) is 51.5 Å². The molecule has 36 heavy (non-hydrogen) atoms. The Morgan fingerprint density at radius 1 is 0.917 bits per heavy atom. The number of H-pyrrole nitrogens is 1. The van der Waals surface area contributed by atoms with Crippen LogP contribution in [0.4, 0.5) is 0 Å². The van der Waals surface area contributed by atoms with Crippen LogP contribution in [0.5, 0.6) is 0 Å². The second-order valence-corrected chi connectivity index (χ2v) is 15.3. The number of Topliss-reactive ketones (excluding diaryl/α,β-unsaturated/α-hetero) is 1. The Balaban J connectivity index is 1.33. The van der Waals surface area contributed by atoms with E-state index in [0.29, 0.717) is 11.6 Å². The lowest BCUT2D eigenvalue weighted by Gasteiger charge is -2.44. The van der Waals surface area contributed by atoms with E-state index in [2.05, 4.69) is 96.4 Å². The molecule has 6 heteroatoms. The van der Waals surface area contributed by atoms with E-state index in [4.69, 9.17) is 4.43 Å². The number of fused-ring (bicyclic) bond motifs is 1. The highest BCUT2D eigenvalue weighted by atomic mass is 28.4. The summed E-state index contributed by atoms with van der Waals surface area (Å²) in [6, 6.07) is 23.5. The molecule has 1 saturated carbocycles. The molecule has 5 nitrogen and oxygen atoms in total.